The number of benzene rings is 1. The Hall–Kier alpha value is -1.90. The summed E-state index contributed by atoms with van der Waals surface area (Å²) < 4.78 is 29.6. The van der Waals surface area contributed by atoms with Crippen LogP contribution in [0, 0.1) is 11.8 Å². The Balaban J connectivity index is 1.57. The van der Waals surface area contributed by atoms with Gasteiger partial charge >= 0.3 is 0 Å². The molecule has 9 heteroatoms. The summed E-state index contributed by atoms with van der Waals surface area (Å²) in [7, 11) is -3.76. The van der Waals surface area contributed by atoms with E-state index in [-0.39, 0.29) is 27.4 Å². The summed E-state index contributed by atoms with van der Waals surface area (Å²) in [5, 5.41) is 7.33. The van der Waals surface area contributed by atoms with E-state index >= 15 is 0 Å². The molecule has 4 rings (SSSR count). The normalized spacial score (nSPS) is 21.4. The first-order chi connectivity index (χ1) is 14.3. The second-order valence-electron chi connectivity index (χ2n) is 8.45. The SMILES string of the molecule is CC1CCCN(S(=O)(=O)c2cc(C(=O)Nc3ccnn3C(C)C3CC3)ccc2Cl)C1. The molecule has 1 saturated heterocycles. The van der Waals surface area contributed by atoms with Gasteiger partial charge in [-0.15, -0.1) is 0 Å². The number of amides is 1. The Kier molecular flexibility index (Phi) is 5.92. The molecule has 162 valence electrons. The molecule has 2 aliphatic rings. The molecule has 2 unspecified atom stereocenters. The molecule has 30 heavy (non-hydrogen) atoms. The first-order valence-corrected chi connectivity index (χ1v) is 12.2. The number of hydrogen-bond donors (Lipinski definition) is 1. The van der Waals surface area contributed by atoms with Crippen LogP contribution in [-0.4, -0.2) is 41.5 Å². The summed E-state index contributed by atoms with van der Waals surface area (Å²) in [5.41, 5.74) is 0.245. The number of nitrogens with one attached hydrogen (secondary N) is 1. The number of aromatic nitrogens is 2. The highest BCUT2D eigenvalue weighted by molar-refractivity contribution is 7.89. The van der Waals surface area contributed by atoms with Gasteiger partial charge in [-0.05, 0) is 62.6 Å². The molecule has 0 radical (unpaired) electrons. The molecule has 2 fully saturated rings. The summed E-state index contributed by atoms with van der Waals surface area (Å²) in [5.74, 6) is 1.09. The number of sulfonamides is 1. The van der Waals surface area contributed by atoms with E-state index in [0.29, 0.717) is 30.7 Å². The minimum atomic E-state index is -3.76. The lowest BCUT2D eigenvalue weighted by Crippen LogP contribution is -2.39. The molecule has 2 heterocycles. The lowest BCUT2D eigenvalue weighted by molar-refractivity contribution is 0.102. The third kappa shape index (κ3) is 4.26. The summed E-state index contributed by atoms with van der Waals surface area (Å²) >= 11 is 6.24. The molecule has 1 aromatic heterocycles. The first kappa shape index (κ1) is 21.3. The highest BCUT2D eigenvalue weighted by atomic mass is 35.5. The van der Waals surface area contributed by atoms with E-state index in [4.69, 9.17) is 11.6 Å². The maximum Gasteiger partial charge on any atom is 0.256 e. The largest absolute Gasteiger partial charge is 0.307 e. The van der Waals surface area contributed by atoms with Gasteiger partial charge in [0.25, 0.3) is 5.91 Å². The molecule has 1 amide bonds. The third-order valence-corrected chi connectivity index (χ3v) is 8.38. The van der Waals surface area contributed by atoms with Crippen LogP contribution in [0.2, 0.25) is 5.02 Å². The molecule has 0 spiro atoms. The van der Waals surface area contributed by atoms with Gasteiger partial charge in [0.2, 0.25) is 10.0 Å². The van der Waals surface area contributed by atoms with Crippen LogP contribution in [0.5, 0.6) is 0 Å². The fourth-order valence-corrected chi connectivity index (χ4v) is 6.15. The van der Waals surface area contributed by atoms with E-state index in [9.17, 15) is 13.2 Å². The van der Waals surface area contributed by atoms with E-state index in [1.807, 2.05) is 11.6 Å². The van der Waals surface area contributed by atoms with Crippen LogP contribution in [0.1, 0.15) is 55.9 Å². The molecule has 2 aromatic rings. The van der Waals surface area contributed by atoms with Gasteiger partial charge in [0, 0.05) is 24.7 Å². The quantitative estimate of drug-likeness (QED) is 0.715. The van der Waals surface area contributed by atoms with Crippen molar-refractivity contribution >= 4 is 33.3 Å². The number of carbonyl (C=O) groups excluding carboxylic acids is 1. The van der Waals surface area contributed by atoms with Crippen molar-refractivity contribution in [2.75, 3.05) is 18.4 Å². The number of hydrogen-bond acceptors (Lipinski definition) is 4. The molecular weight excluding hydrogens is 424 g/mol. The van der Waals surface area contributed by atoms with Gasteiger partial charge in [-0.2, -0.15) is 9.40 Å². The number of piperidine rings is 1. The van der Waals surface area contributed by atoms with Crippen LogP contribution in [0.4, 0.5) is 5.82 Å². The molecule has 2 atom stereocenters. The van der Waals surface area contributed by atoms with Crippen molar-refractivity contribution in [2.45, 2.75) is 50.5 Å². The zero-order valence-corrected chi connectivity index (χ0v) is 18.8. The average molecular weight is 451 g/mol. The summed E-state index contributed by atoms with van der Waals surface area (Å²) in [6, 6.07) is 6.34. The highest BCUT2D eigenvalue weighted by Crippen LogP contribution is 2.40. The molecule has 7 nitrogen and oxygen atoms in total. The predicted molar refractivity (Wildman–Crippen MR) is 116 cm³/mol. The molecule has 1 N–H and O–H groups in total. The van der Waals surface area contributed by atoms with Crippen molar-refractivity contribution in [1.29, 1.82) is 0 Å². The van der Waals surface area contributed by atoms with Gasteiger partial charge in [-0.3, -0.25) is 4.79 Å². The Morgan fingerprint density at radius 2 is 2.03 bits per heavy atom. The van der Waals surface area contributed by atoms with Gasteiger partial charge in [0.15, 0.2) is 0 Å². The van der Waals surface area contributed by atoms with Crippen molar-refractivity contribution in [3.63, 3.8) is 0 Å². The number of nitrogens with zero attached hydrogens (tertiary/aromatic N) is 3. The molecular formula is C21H27ClN4O3S. The monoisotopic (exact) mass is 450 g/mol. The van der Waals surface area contributed by atoms with Crippen molar-refractivity contribution in [3.05, 3.63) is 41.0 Å². The van der Waals surface area contributed by atoms with Gasteiger partial charge in [-0.1, -0.05) is 18.5 Å². The van der Waals surface area contributed by atoms with E-state index in [1.165, 1.54) is 29.3 Å². The fraction of sp³-hybridized carbons (Fsp3) is 0.524. The Morgan fingerprint density at radius 1 is 1.27 bits per heavy atom. The zero-order valence-electron chi connectivity index (χ0n) is 17.2. The highest BCUT2D eigenvalue weighted by Gasteiger charge is 2.32. The maximum atomic E-state index is 13.2. The number of rotatable bonds is 6. The molecule has 1 aliphatic carbocycles. The van der Waals surface area contributed by atoms with Crippen molar-refractivity contribution < 1.29 is 13.2 Å². The van der Waals surface area contributed by atoms with E-state index < -0.39 is 10.0 Å². The van der Waals surface area contributed by atoms with Gasteiger partial charge in [0.1, 0.15) is 10.7 Å². The van der Waals surface area contributed by atoms with Crippen LogP contribution in [0.15, 0.2) is 35.4 Å². The van der Waals surface area contributed by atoms with Crippen molar-refractivity contribution in [3.8, 4) is 0 Å². The maximum absolute atomic E-state index is 13.2. The van der Waals surface area contributed by atoms with Crippen LogP contribution in [0.3, 0.4) is 0 Å². The van der Waals surface area contributed by atoms with Crippen LogP contribution in [-0.2, 0) is 10.0 Å². The number of anilines is 1. The van der Waals surface area contributed by atoms with Crippen LogP contribution >= 0.6 is 11.6 Å². The first-order valence-electron chi connectivity index (χ1n) is 10.4. The van der Waals surface area contributed by atoms with Crippen molar-refractivity contribution in [1.82, 2.24) is 14.1 Å². The predicted octanol–water partition coefficient (Wildman–Crippen LogP) is 4.18. The average Bonchev–Trinajstić information content (AvgIpc) is 3.47. The van der Waals surface area contributed by atoms with Crippen LogP contribution in [0.25, 0.3) is 0 Å². The Labute approximate surface area is 182 Å². The minimum Gasteiger partial charge on any atom is -0.307 e. The summed E-state index contributed by atoms with van der Waals surface area (Å²) in [6.45, 7) is 5.07. The zero-order chi connectivity index (χ0) is 21.5. The summed E-state index contributed by atoms with van der Waals surface area (Å²) in [4.78, 5) is 12.9. The van der Waals surface area contributed by atoms with Crippen LogP contribution < -0.4 is 5.32 Å². The summed E-state index contributed by atoms with van der Waals surface area (Å²) in [6.07, 6.45) is 5.82. The molecule has 1 aromatic carbocycles. The fourth-order valence-electron chi connectivity index (χ4n) is 4.05. The van der Waals surface area contributed by atoms with E-state index in [2.05, 4.69) is 17.3 Å². The van der Waals surface area contributed by atoms with Gasteiger partial charge < -0.3 is 5.32 Å². The topological polar surface area (TPSA) is 84.3 Å². The Morgan fingerprint density at radius 3 is 2.73 bits per heavy atom. The third-order valence-electron chi connectivity index (χ3n) is 6.03. The second-order valence-corrected chi connectivity index (χ2v) is 10.8. The van der Waals surface area contributed by atoms with Gasteiger partial charge in [-0.25, -0.2) is 13.1 Å². The van der Waals surface area contributed by atoms with E-state index in [1.54, 1.807) is 18.3 Å². The lowest BCUT2D eigenvalue weighted by Gasteiger charge is -2.30. The lowest BCUT2D eigenvalue weighted by atomic mass is 10.0. The molecule has 0 bridgehead atoms. The molecule has 1 saturated carbocycles. The standard InChI is InChI=1S/C21H27ClN4O3S/c1-14-4-3-11-25(13-14)30(28,29)19-12-17(7-8-18(19)22)21(27)24-20-9-10-23-26(20)15(2)16-5-6-16/h7-10,12,14-16H,3-6,11,13H2,1-2H3,(H,24,27). The van der Waals surface area contributed by atoms with Crippen molar-refractivity contribution in [2.24, 2.45) is 11.8 Å². The minimum absolute atomic E-state index is 0.0224. The number of halogens is 1. The molecule has 1 aliphatic heterocycles. The van der Waals surface area contributed by atoms with Gasteiger partial charge in [0.05, 0.1) is 17.3 Å². The smallest absolute Gasteiger partial charge is 0.256 e. The Bertz CT molecular complexity index is 1050. The number of carbonyl (C=O) groups is 1. The van der Waals surface area contributed by atoms with E-state index in [0.717, 1.165) is 12.8 Å². The second kappa shape index (κ2) is 8.32.